The Morgan fingerprint density at radius 3 is 2.55 bits per heavy atom. The number of imidazole rings is 1. The maximum absolute atomic E-state index is 4.23. The number of aryl methyl sites for hydroxylation is 2. The van der Waals surface area contributed by atoms with Gasteiger partial charge in [-0.15, -0.1) is 0 Å². The van der Waals surface area contributed by atoms with Crippen LogP contribution < -0.4 is 0 Å². The van der Waals surface area contributed by atoms with Crippen molar-refractivity contribution >= 4 is 0 Å². The average Bonchev–Trinajstić information content (AvgIpc) is 3.09. The fourth-order valence-corrected chi connectivity index (χ4v) is 3.06. The van der Waals surface area contributed by atoms with Crippen molar-refractivity contribution in [3.05, 3.63) is 89.5 Å². The van der Waals surface area contributed by atoms with Crippen molar-refractivity contribution in [1.29, 1.82) is 0 Å². The Morgan fingerprint density at radius 1 is 1.05 bits per heavy atom. The number of H-pyrrole nitrogens is 1. The molecule has 112 valence electrons. The van der Waals surface area contributed by atoms with E-state index in [-0.39, 0.29) is 5.41 Å². The van der Waals surface area contributed by atoms with Gasteiger partial charge in [-0.2, -0.15) is 0 Å². The first kappa shape index (κ1) is 14.6. The highest BCUT2D eigenvalue weighted by molar-refractivity contribution is 5.34. The van der Waals surface area contributed by atoms with E-state index in [4.69, 9.17) is 0 Å². The Bertz CT molecular complexity index is 716. The van der Waals surface area contributed by atoms with E-state index < -0.39 is 0 Å². The topological polar surface area (TPSA) is 28.7 Å². The summed E-state index contributed by atoms with van der Waals surface area (Å²) in [6, 6.07) is 19.5. The van der Waals surface area contributed by atoms with E-state index >= 15 is 0 Å². The minimum absolute atomic E-state index is 0.0541. The van der Waals surface area contributed by atoms with Gasteiger partial charge in [-0.1, -0.05) is 60.2 Å². The lowest BCUT2D eigenvalue weighted by atomic mass is 9.75. The quantitative estimate of drug-likeness (QED) is 0.727. The van der Waals surface area contributed by atoms with Gasteiger partial charge in [0.15, 0.2) is 0 Å². The van der Waals surface area contributed by atoms with Crippen molar-refractivity contribution < 1.29 is 0 Å². The van der Waals surface area contributed by atoms with Crippen LogP contribution in [0.2, 0.25) is 0 Å². The molecule has 1 aromatic heterocycles. The normalized spacial score (nSPS) is 13.7. The van der Waals surface area contributed by atoms with Crippen LogP contribution in [0.25, 0.3) is 0 Å². The smallest absolute Gasteiger partial charge is 0.0922 e. The molecule has 0 unspecified atom stereocenters. The minimum atomic E-state index is -0.0541. The molecule has 2 aromatic carbocycles. The standard InChI is InChI=1S/C20H22N2/c1-16-7-6-8-17(13-16)11-12-20(2,19-14-21-15-22-19)18-9-4-3-5-10-18/h3-10,13-15H,11-12H2,1-2H3,(H,21,22)/t20-/m0/s1. The van der Waals surface area contributed by atoms with Crippen LogP contribution in [0, 0.1) is 6.92 Å². The number of hydrogen-bond acceptors (Lipinski definition) is 1. The van der Waals surface area contributed by atoms with Crippen molar-refractivity contribution in [2.24, 2.45) is 0 Å². The third-order valence-electron chi connectivity index (χ3n) is 4.50. The predicted molar refractivity (Wildman–Crippen MR) is 91.0 cm³/mol. The molecule has 0 amide bonds. The molecule has 0 aliphatic rings. The van der Waals surface area contributed by atoms with Crippen molar-refractivity contribution in [2.75, 3.05) is 0 Å². The predicted octanol–water partition coefficient (Wildman–Crippen LogP) is 4.66. The van der Waals surface area contributed by atoms with Gasteiger partial charge in [0, 0.05) is 17.3 Å². The van der Waals surface area contributed by atoms with Gasteiger partial charge in [0.1, 0.15) is 0 Å². The Balaban J connectivity index is 1.90. The molecule has 0 aliphatic heterocycles. The molecule has 3 aromatic rings. The number of hydrogen-bond donors (Lipinski definition) is 1. The summed E-state index contributed by atoms with van der Waals surface area (Å²) in [5.41, 5.74) is 5.15. The number of nitrogens with one attached hydrogen (secondary N) is 1. The highest BCUT2D eigenvalue weighted by atomic mass is 14.9. The third kappa shape index (κ3) is 2.96. The van der Waals surface area contributed by atoms with Crippen LogP contribution in [0.5, 0.6) is 0 Å². The molecule has 2 heteroatoms. The molecule has 0 radical (unpaired) electrons. The molecule has 0 saturated carbocycles. The van der Waals surface area contributed by atoms with Gasteiger partial charge in [0.05, 0.1) is 6.33 Å². The Hall–Kier alpha value is -2.35. The molecule has 3 rings (SSSR count). The first-order valence-corrected chi connectivity index (χ1v) is 7.78. The van der Waals surface area contributed by atoms with Crippen LogP contribution in [-0.4, -0.2) is 9.97 Å². The maximum Gasteiger partial charge on any atom is 0.0922 e. The maximum atomic E-state index is 4.23. The van der Waals surface area contributed by atoms with Crippen molar-refractivity contribution in [2.45, 2.75) is 32.1 Å². The Morgan fingerprint density at radius 2 is 1.86 bits per heavy atom. The van der Waals surface area contributed by atoms with Crippen molar-refractivity contribution in [1.82, 2.24) is 9.97 Å². The highest BCUT2D eigenvalue weighted by Crippen LogP contribution is 2.35. The molecule has 0 aliphatic carbocycles. The fraction of sp³-hybridized carbons (Fsp3) is 0.250. The zero-order chi connectivity index (χ0) is 15.4. The second kappa shape index (κ2) is 6.18. The molecule has 0 saturated heterocycles. The number of aromatic amines is 1. The fourth-order valence-electron chi connectivity index (χ4n) is 3.06. The lowest BCUT2D eigenvalue weighted by Gasteiger charge is -2.29. The van der Waals surface area contributed by atoms with Gasteiger partial charge < -0.3 is 4.98 Å². The second-order valence-corrected chi connectivity index (χ2v) is 6.15. The molecule has 22 heavy (non-hydrogen) atoms. The average molecular weight is 290 g/mol. The van der Waals surface area contributed by atoms with E-state index in [2.05, 4.69) is 78.4 Å². The Kier molecular flexibility index (Phi) is 4.10. The van der Waals surface area contributed by atoms with Gasteiger partial charge in [-0.3, -0.25) is 0 Å². The first-order chi connectivity index (χ1) is 10.7. The molecular formula is C20H22N2. The van der Waals surface area contributed by atoms with Gasteiger partial charge in [-0.25, -0.2) is 4.98 Å². The zero-order valence-electron chi connectivity index (χ0n) is 13.2. The number of rotatable bonds is 5. The van der Waals surface area contributed by atoms with E-state index in [0.29, 0.717) is 0 Å². The summed E-state index contributed by atoms with van der Waals surface area (Å²) in [5, 5.41) is 0. The van der Waals surface area contributed by atoms with Crippen LogP contribution >= 0.6 is 0 Å². The van der Waals surface area contributed by atoms with Crippen molar-refractivity contribution in [3.63, 3.8) is 0 Å². The van der Waals surface area contributed by atoms with Gasteiger partial charge in [0.25, 0.3) is 0 Å². The van der Waals surface area contributed by atoms with Crippen molar-refractivity contribution in [3.8, 4) is 0 Å². The molecule has 2 nitrogen and oxygen atoms in total. The summed E-state index contributed by atoms with van der Waals surface area (Å²) >= 11 is 0. The van der Waals surface area contributed by atoms with Gasteiger partial charge in [-0.05, 0) is 37.8 Å². The summed E-state index contributed by atoms with van der Waals surface area (Å²) in [6.45, 7) is 4.44. The van der Waals surface area contributed by atoms with Crippen LogP contribution in [0.15, 0.2) is 67.1 Å². The monoisotopic (exact) mass is 290 g/mol. The van der Waals surface area contributed by atoms with Crippen LogP contribution in [0.4, 0.5) is 0 Å². The number of benzene rings is 2. The molecule has 1 heterocycles. The molecule has 0 bridgehead atoms. The summed E-state index contributed by atoms with van der Waals surface area (Å²) in [6.07, 6.45) is 5.81. The third-order valence-corrected chi connectivity index (χ3v) is 4.50. The molecule has 1 N–H and O–H groups in total. The number of nitrogens with zero attached hydrogens (tertiary/aromatic N) is 1. The summed E-state index contributed by atoms with van der Waals surface area (Å²) in [5.74, 6) is 0. The van der Waals surface area contributed by atoms with Crippen LogP contribution in [0.1, 0.15) is 35.7 Å². The molecule has 1 atom stereocenters. The van der Waals surface area contributed by atoms with E-state index in [1.54, 1.807) is 6.33 Å². The largest absolute Gasteiger partial charge is 0.348 e. The molecule has 0 fully saturated rings. The Labute approximate surface area is 132 Å². The minimum Gasteiger partial charge on any atom is -0.348 e. The lowest BCUT2D eigenvalue weighted by Crippen LogP contribution is -2.25. The lowest BCUT2D eigenvalue weighted by molar-refractivity contribution is 0.507. The summed E-state index contributed by atoms with van der Waals surface area (Å²) in [4.78, 5) is 7.54. The van der Waals surface area contributed by atoms with Gasteiger partial charge >= 0.3 is 0 Å². The molecular weight excluding hydrogens is 268 g/mol. The first-order valence-electron chi connectivity index (χ1n) is 7.78. The molecule has 0 spiro atoms. The SMILES string of the molecule is Cc1cccc(CC[C@@](C)(c2ccccc2)c2cnc[nH]2)c1. The summed E-state index contributed by atoms with van der Waals surface area (Å²) < 4.78 is 0. The van der Waals surface area contributed by atoms with E-state index in [1.807, 2.05) is 6.20 Å². The van der Waals surface area contributed by atoms with Gasteiger partial charge in [0.2, 0.25) is 0 Å². The van der Waals surface area contributed by atoms with Crippen LogP contribution in [-0.2, 0) is 11.8 Å². The zero-order valence-corrected chi connectivity index (χ0v) is 13.2. The second-order valence-electron chi connectivity index (χ2n) is 6.15. The van der Waals surface area contributed by atoms with Crippen LogP contribution in [0.3, 0.4) is 0 Å². The highest BCUT2D eigenvalue weighted by Gasteiger charge is 2.29. The summed E-state index contributed by atoms with van der Waals surface area (Å²) in [7, 11) is 0. The number of aromatic nitrogens is 2. The van der Waals surface area contributed by atoms with E-state index in [0.717, 1.165) is 12.8 Å². The van der Waals surface area contributed by atoms with E-state index in [9.17, 15) is 0 Å². The van der Waals surface area contributed by atoms with E-state index in [1.165, 1.54) is 22.4 Å².